The van der Waals surface area contributed by atoms with Gasteiger partial charge in [0.15, 0.2) is 0 Å². The fourth-order valence-corrected chi connectivity index (χ4v) is 1.46. The summed E-state index contributed by atoms with van der Waals surface area (Å²) in [6.45, 7) is 14.1. The van der Waals surface area contributed by atoms with E-state index in [1.54, 1.807) is 0 Å². The molecule has 0 bridgehead atoms. The summed E-state index contributed by atoms with van der Waals surface area (Å²) in [5.41, 5.74) is 3.27. The summed E-state index contributed by atoms with van der Waals surface area (Å²) >= 11 is 5.79. The molecule has 0 saturated carbocycles. The van der Waals surface area contributed by atoms with Crippen LogP contribution in [0.1, 0.15) is 20.8 Å². The molecule has 0 aromatic rings. The minimum atomic E-state index is 0.443. The minimum absolute atomic E-state index is 0.443. The Labute approximate surface area is 92.7 Å². The minimum Gasteiger partial charge on any atom is -0.122 e. The normalized spacial score (nSPS) is 13.2. The van der Waals surface area contributed by atoms with Gasteiger partial charge in [-0.3, -0.25) is 0 Å². The molecule has 0 aliphatic carbocycles. The van der Waals surface area contributed by atoms with Crippen LogP contribution in [0.2, 0.25) is 0 Å². The van der Waals surface area contributed by atoms with Crippen LogP contribution < -0.4 is 0 Å². The summed E-state index contributed by atoms with van der Waals surface area (Å²) in [7, 11) is 0. The van der Waals surface area contributed by atoms with Gasteiger partial charge in [0.25, 0.3) is 0 Å². The third kappa shape index (κ3) is 3.55. The molecule has 14 heavy (non-hydrogen) atoms. The Balaban J connectivity index is 5.30. The Bertz CT molecular complexity index is 267. The Hall–Kier alpha value is -0.750. The van der Waals surface area contributed by atoms with Crippen LogP contribution in [0.3, 0.4) is 0 Å². The standard InChI is InChI=1S/C13H19Cl/c1-6-8-13(11(5)9-14)12(7-2)10(3)4/h6-8,10H,2,5,9H2,1,3-4H3/b8-6-,13-12-. The zero-order valence-corrected chi connectivity index (χ0v) is 10.1. The van der Waals surface area contributed by atoms with Crippen molar-refractivity contribution in [3.63, 3.8) is 0 Å². The molecule has 0 rings (SSSR count). The Kier molecular flexibility index (Phi) is 6.31. The molecule has 0 atom stereocenters. The molecule has 0 unspecified atom stereocenters. The number of alkyl halides is 1. The summed E-state index contributed by atoms with van der Waals surface area (Å²) in [4.78, 5) is 0. The Morgan fingerprint density at radius 1 is 1.43 bits per heavy atom. The predicted molar refractivity (Wildman–Crippen MR) is 66.7 cm³/mol. The molecule has 0 aromatic carbocycles. The highest BCUT2D eigenvalue weighted by molar-refractivity contribution is 6.19. The first kappa shape index (κ1) is 13.2. The lowest BCUT2D eigenvalue weighted by Crippen LogP contribution is -1.98. The first-order chi connectivity index (χ1) is 6.58. The second-order valence-electron chi connectivity index (χ2n) is 3.47. The molecule has 78 valence electrons. The molecule has 0 aliphatic heterocycles. The van der Waals surface area contributed by atoms with Crippen LogP contribution in [0.25, 0.3) is 0 Å². The third-order valence-corrected chi connectivity index (χ3v) is 2.35. The van der Waals surface area contributed by atoms with Crippen molar-refractivity contribution >= 4 is 11.6 Å². The number of allylic oxidation sites excluding steroid dienone is 6. The molecule has 0 spiro atoms. The SMILES string of the molecule is C=C/C(=C(\C=C/C)C(=C)CCl)C(C)C. The van der Waals surface area contributed by atoms with Gasteiger partial charge in [-0.2, -0.15) is 0 Å². The summed E-state index contributed by atoms with van der Waals surface area (Å²) in [6, 6.07) is 0. The summed E-state index contributed by atoms with van der Waals surface area (Å²) in [5, 5.41) is 0. The second kappa shape index (κ2) is 6.67. The zero-order valence-electron chi connectivity index (χ0n) is 9.31. The van der Waals surface area contributed by atoms with Crippen molar-refractivity contribution < 1.29 is 0 Å². The van der Waals surface area contributed by atoms with E-state index in [2.05, 4.69) is 27.0 Å². The molecule has 0 aromatic heterocycles. The fraction of sp³-hybridized carbons (Fsp3) is 0.385. The van der Waals surface area contributed by atoms with Crippen molar-refractivity contribution in [3.8, 4) is 0 Å². The van der Waals surface area contributed by atoms with Gasteiger partial charge in [0, 0.05) is 5.88 Å². The quantitative estimate of drug-likeness (QED) is 0.463. The van der Waals surface area contributed by atoms with E-state index in [-0.39, 0.29) is 0 Å². The molecule has 0 heterocycles. The average Bonchev–Trinajstić information content (AvgIpc) is 2.16. The van der Waals surface area contributed by atoms with Gasteiger partial charge in [0.2, 0.25) is 0 Å². The number of hydrogen-bond donors (Lipinski definition) is 0. The van der Waals surface area contributed by atoms with Gasteiger partial charge < -0.3 is 0 Å². The van der Waals surface area contributed by atoms with Crippen molar-refractivity contribution in [2.24, 2.45) is 5.92 Å². The smallest absolute Gasteiger partial charge is 0.0474 e. The molecule has 0 amide bonds. The zero-order chi connectivity index (χ0) is 11.1. The highest BCUT2D eigenvalue weighted by Gasteiger charge is 2.07. The van der Waals surface area contributed by atoms with Crippen molar-refractivity contribution in [1.82, 2.24) is 0 Å². The van der Waals surface area contributed by atoms with Crippen molar-refractivity contribution in [3.05, 3.63) is 48.1 Å². The monoisotopic (exact) mass is 210 g/mol. The first-order valence-electron chi connectivity index (χ1n) is 4.81. The number of rotatable bonds is 5. The maximum Gasteiger partial charge on any atom is 0.0474 e. The fourth-order valence-electron chi connectivity index (χ4n) is 1.31. The van der Waals surface area contributed by atoms with Crippen LogP contribution in [-0.4, -0.2) is 5.88 Å². The summed E-state index contributed by atoms with van der Waals surface area (Å²) in [5.74, 6) is 0.905. The maximum absolute atomic E-state index is 5.79. The molecule has 0 saturated heterocycles. The van der Waals surface area contributed by atoms with Crippen molar-refractivity contribution in [1.29, 1.82) is 0 Å². The number of halogens is 1. The lowest BCUT2D eigenvalue weighted by atomic mass is 9.93. The van der Waals surface area contributed by atoms with E-state index in [0.717, 1.165) is 11.1 Å². The van der Waals surface area contributed by atoms with Crippen molar-refractivity contribution in [2.45, 2.75) is 20.8 Å². The highest BCUT2D eigenvalue weighted by atomic mass is 35.5. The van der Waals surface area contributed by atoms with Crippen LogP contribution in [0.5, 0.6) is 0 Å². The van der Waals surface area contributed by atoms with Gasteiger partial charge in [-0.1, -0.05) is 45.2 Å². The van der Waals surface area contributed by atoms with Gasteiger partial charge in [-0.25, -0.2) is 0 Å². The van der Waals surface area contributed by atoms with Gasteiger partial charge in [0.05, 0.1) is 0 Å². The molecule has 0 N–H and O–H groups in total. The largest absolute Gasteiger partial charge is 0.122 e. The van der Waals surface area contributed by atoms with Crippen LogP contribution in [0.15, 0.2) is 48.1 Å². The van der Waals surface area contributed by atoms with Gasteiger partial charge in [-0.15, -0.1) is 11.6 Å². The molecule has 1 heteroatoms. The predicted octanol–water partition coefficient (Wildman–Crippen LogP) is 4.50. The maximum atomic E-state index is 5.79. The van der Waals surface area contributed by atoms with Crippen molar-refractivity contribution in [2.75, 3.05) is 5.88 Å². The topological polar surface area (TPSA) is 0 Å². The van der Waals surface area contributed by atoms with E-state index in [0.29, 0.717) is 11.8 Å². The molecular formula is C13H19Cl. The average molecular weight is 211 g/mol. The first-order valence-corrected chi connectivity index (χ1v) is 5.35. The lowest BCUT2D eigenvalue weighted by Gasteiger charge is -2.13. The van der Waals surface area contributed by atoms with E-state index >= 15 is 0 Å². The van der Waals surface area contributed by atoms with E-state index in [1.165, 1.54) is 5.57 Å². The van der Waals surface area contributed by atoms with E-state index in [4.69, 9.17) is 11.6 Å². The Morgan fingerprint density at radius 3 is 2.29 bits per heavy atom. The lowest BCUT2D eigenvalue weighted by molar-refractivity contribution is 0.785. The Morgan fingerprint density at radius 2 is 2.00 bits per heavy atom. The van der Waals surface area contributed by atoms with E-state index < -0.39 is 0 Å². The van der Waals surface area contributed by atoms with Crippen LogP contribution in [-0.2, 0) is 0 Å². The molecule has 0 nitrogen and oxygen atoms in total. The third-order valence-electron chi connectivity index (χ3n) is 2.03. The molecule has 0 radical (unpaired) electrons. The molecule has 0 fully saturated rings. The highest BCUT2D eigenvalue weighted by Crippen LogP contribution is 2.23. The van der Waals surface area contributed by atoms with E-state index in [1.807, 2.05) is 25.2 Å². The van der Waals surface area contributed by atoms with Crippen LogP contribution >= 0.6 is 11.6 Å². The van der Waals surface area contributed by atoms with Gasteiger partial charge >= 0.3 is 0 Å². The van der Waals surface area contributed by atoms with Gasteiger partial charge in [0.1, 0.15) is 0 Å². The second-order valence-corrected chi connectivity index (χ2v) is 3.73. The summed E-state index contributed by atoms with van der Waals surface area (Å²) < 4.78 is 0. The van der Waals surface area contributed by atoms with Gasteiger partial charge in [-0.05, 0) is 29.6 Å². The van der Waals surface area contributed by atoms with Crippen LogP contribution in [0.4, 0.5) is 0 Å². The number of hydrogen-bond acceptors (Lipinski definition) is 0. The van der Waals surface area contributed by atoms with E-state index in [9.17, 15) is 0 Å². The summed E-state index contributed by atoms with van der Waals surface area (Å²) in [6.07, 6.45) is 5.93. The molecule has 0 aliphatic rings. The molecular weight excluding hydrogens is 192 g/mol. The van der Waals surface area contributed by atoms with Crippen LogP contribution in [0, 0.1) is 5.92 Å².